The Morgan fingerprint density at radius 1 is 1.26 bits per heavy atom. The van der Waals surface area contributed by atoms with Crippen LogP contribution in [0, 0.1) is 20.8 Å². The molecule has 1 aliphatic heterocycles. The predicted molar refractivity (Wildman–Crippen MR) is 101 cm³/mol. The van der Waals surface area contributed by atoms with Crippen LogP contribution in [0.4, 0.5) is 10.5 Å². The van der Waals surface area contributed by atoms with E-state index in [2.05, 4.69) is 10.6 Å². The zero-order valence-corrected chi connectivity index (χ0v) is 16.2. The molecule has 27 heavy (non-hydrogen) atoms. The van der Waals surface area contributed by atoms with Crippen molar-refractivity contribution in [3.63, 3.8) is 0 Å². The van der Waals surface area contributed by atoms with Crippen molar-refractivity contribution < 1.29 is 18.8 Å². The van der Waals surface area contributed by atoms with Crippen LogP contribution in [-0.4, -0.2) is 29.3 Å². The molecule has 142 valence electrons. The number of carbonyl (C=O) groups is 3. The van der Waals surface area contributed by atoms with Crippen molar-refractivity contribution in [3.8, 4) is 0 Å². The van der Waals surface area contributed by atoms with E-state index in [1.165, 1.54) is 0 Å². The molecule has 0 saturated carbocycles. The molecule has 0 spiro atoms. The number of rotatable bonds is 4. The lowest BCUT2D eigenvalue weighted by molar-refractivity contribution is -0.133. The van der Waals surface area contributed by atoms with Gasteiger partial charge in [-0.2, -0.15) is 0 Å². The SMILES string of the molecule is Cc1ccc(NC(=O)CN2C(=O)NC(C)(c3cc(C)oc3C)C2=O)c(Cl)c1. The largest absolute Gasteiger partial charge is 0.466 e. The highest BCUT2D eigenvalue weighted by Gasteiger charge is 2.51. The highest BCUT2D eigenvalue weighted by Crippen LogP contribution is 2.33. The van der Waals surface area contributed by atoms with Gasteiger partial charge in [0.1, 0.15) is 23.6 Å². The summed E-state index contributed by atoms with van der Waals surface area (Å²) in [6, 6.07) is 6.26. The Morgan fingerprint density at radius 3 is 2.56 bits per heavy atom. The maximum atomic E-state index is 12.9. The summed E-state index contributed by atoms with van der Waals surface area (Å²) in [6.45, 7) is 6.55. The van der Waals surface area contributed by atoms with E-state index >= 15 is 0 Å². The Morgan fingerprint density at radius 2 is 1.96 bits per heavy atom. The fraction of sp³-hybridized carbons (Fsp3) is 0.316. The fourth-order valence-electron chi connectivity index (χ4n) is 3.21. The summed E-state index contributed by atoms with van der Waals surface area (Å²) in [4.78, 5) is 38.5. The molecule has 4 amide bonds. The molecular weight excluding hydrogens is 370 g/mol. The van der Waals surface area contributed by atoms with Gasteiger partial charge in [0.25, 0.3) is 5.91 Å². The molecule has 0 aliphatic carbocycles. The van der Waals surface area contributed by atoms with E-state index in [1.54, 1.807) is 45.0 Å². The number of nitrogens with one attached hydrogen (secondary N) is 2. The third kappa shape index (κ3) is 3.42. The van der Waals surface area contributed by atoms with E-state index < -0.39 is 29.9 Å². The molecule has 1 unspecified atom stereocenters. The number of hydrogen-bond donors (Lipinski definition) is 2. The van der Waals surface area contributed by atoms with Crippen molar-refractivity contribution in [2.24, 2.45) is 0 Å². The van der Waals surface area contributed by atoms with Crippen LogP contribution in [0.5, 0.6) is 0 Å². The highest BCUT2D eigenvalue weighted by molar-refractivity contribution is 6.33. The normalized spacial score (nSPS) is 19.4. The predicted octanol–water partition coefficient (Wildman–Crippen LogP) is 3.26. The average molecular weight is 390 g/mol. The number of halogens is 1. The number of amides is 4. The first-order valence-electron chi connectivity index (χ1n) is 8.39. The second kappa shape index (κ2) is 6.74. The van der Waals surface area contributed by atoms with Crippen LogP contribution in [0.2, 0.25) is 5.02 Å². The van der Waals surface area contributed by atoms with Crippen LogP contribution in [0.1, 0.15) is 29.6 Å². The highest BCUT2D eigenvalue weighted by atomic mass is 35.5. The van der Waals surface area contributed by atoms with Gasteiger partial charge in [-0.15, -0.1) is 0 Å². The Balaban J connectivity index is 1.77. The van der Waals surface area contributed by atoms with Crippen LogP contribution < -0.4 is 10.6 Å². The molecule has 1 saturated heterocycles. The molecule has 1 aromatic carbocycles. The topological polar surface area (TPSA) is 91.7 Å². The Hall–Kier alpha value is -2.80. The number of imide groups is 1. The van der Waals surface area contributed by atoms with E-state index in [9.17, 15) is 14.4 Å². The fourth-order valence-corrected chi connectivity index (χ4v) is 3.49. The minimum atomic E-state index is -1.28. The van der Waals surface area contributed by atoms with Gasteiger partial charge in [-0.25, -0.2) is 4.79 Å². The van der Waals surface area contributed by atoms with Crippen molar-refractivity contribution in [2.45, 2.75) is 33.2 Å². The molecule has 1 aromatic heterocycles. The van der Waals surface area contributed by atoms with Gasteiger partial charge in [-0.3, -0.25) is 14.5 Å². The Bertz CT molecular complexity index is 952. The molecule has 2 N–H and O–H groups in total. The Kier molecular flexibility index (Phi) is 4.73. The van der Waals surface area contributed by atoms with Gasteiger partial charge >= 0.3 is 6.03 Å². The minimum absolute atomic E-state index is 0.384. The van der Waals surface area contributed by atoms with Gasteiger partial charge in [0.05, 0.1) is 10.7 Å². The molecule has 8 heteroatoms. The first-order chi connectivity index (χ1) is 12.6. The molecule has 1 fully saturated rings. The van der Waals surface area contributed by atoms with Crippen LogP contribution in [-0.2, 0) is 15.1 Å². The van der Waals surface area contributed by atoms with E-state index in [1.807, 2.05) is 6.92 Å². The summed E-state index contributed by atoms with van der Waals surface area (Å²) < 4.78 is 5.48. The molecule has 1 atom stereocenters. The molecule has 0 bridgehead atoms. The number of urea groups is 1. The number of aryl methyl sites for hydroxylation is 3. The van der Waals surface area contributed by atoms with Crippen LogP contribution in [0.3, 0.4) is 0 Å². The third-order valence-electron chi connectivity index (χ3n) is 4.56. The quantitative estimate of drug-likeness (QED) is 0.785. The lowest BCUT2D eigenvalue weighted by Crippen LogP contribution is -2.42. The molecule has 2 heterocycles. The Labute approximate surface area is 161 Å². The zero-order valence-electron chi connectivity index (χ0n) is 15.5. The van der Waals surface area contributed by atoms with Crippen molar-refractivity contribution in [2.75, 3.05) is 11.9 Å². The molecule has 1 aliphatic rings. The van der Waals surface area contributed by atoms with Crippen LogP contribution in [0.15, 0.2) is 28.7 Å². The monoisotopic (exact) mass is 389 g/mol. The lowest BCUT2D eigenvalue weighted by Gasteiger charge is -2.21. The maximum absolute atomic E-state index is 12.9. The van der Waals surface area contributed by atoms with Gasteiger partial charge in [0.2, 0.25) is 5.91 Å². The molecule has 2 aromatic rings. The van der Waals surface area contributed by atoms with Gasteiger partial charge in [0.15, 0.2) is 0 Å². The number of hydrogen-bond acceptors (Lipinski definition) is 4. The summed E-state index contributed by atoms with van der Waals surface area (Å²) in [5.74, 6) is 0.146. The zero-order chi connectivity index (χ0) is 19.9. The number of carbonyl (C=O) groups excluding carboxylic acids is 3. The van der Waals surface area contributed by atoms with Crippen LogP contribution in [0.25, 0.3) is 0 Å². The number of furan rings is 1. The van der Waals surface area contributed by atoms with Gasteiger partial charge in [-0.1, -0.05) is 17.7 Å². The van der Waals surface area contributed by atoms with Gasteiger partial charge in [-0.05, 0) is 51.5 Å². The summed E-state index contributed by atoms with van der Waals surface area (Å²) in [7, 11) is 0. The second-order valence-electron chi connectivity index (χ2n) is 6.80. The minimum Gasteiger partial charge on any atom is -0.466 e. The number of nitrogens with zero attached hydrogens (tertiary/aromatic N) is 1. The van der Waals surface area contributed by atoms with E-state index in [4.69, 9.17) is 16.0 Å². The molecular formula is C19H20ClN3O4. The van der Waals surface area contributed by atoms with Crippen LogP contribution >= 0.6 is 11.6 Å². The number of benzene rings is 1. The van der Waals surface area contributed by atoms with E-state index in [-0.39, 0.29) is 0 Å². The standard InChI is InChI=1S/C19H20ClN3O4/c1-10-5-6-15(14(20)7-10)21-16(24)9-23-17(25)19(4,22-18(23)26)13-8-11(2)27-12(13)3/h5-8H,9H2,1-4H3,(H,21,24)(H,22,26). The first kappa shape index (κ1) is 19.0. The van der Waals surface area contributed by atoms with E-state index in [0.29, 0.717) is 27.8 Å². The summed E-state index contributed by atoms with van der Waals surface area (Å²) in [6.07, 6.45) is 0. The summed E-state index contributed by atoms with van der Waals surface area (Å²) >= 11 is 6.11. The third-order valence-corrected chi connectivity index (χ3v) is 4.87. The smallest absolute Gasteiger partial charge is 0.325 e. The lowest BCUT2D eigenvalue weighted by atomic mass is 9.92. The first-order valence-corrected chi connectivity index (χ1v) is 8.77. The average Bonchev–Trinajstić information content (AvgIpc) is 3.02. The van der Waals surface area contributed by atoms with Crippen molar-refractivity contribution >= 4 is 35.1 Å². The number of anilines is 1. The van der Waals surface area contributed by atoms with E-state index in [0.717, 1.165) is 10.5 Å². The molecule has 7 nitrogen and oxygen atoms in total. The van der Waals surface area contributed by atoms with Gasteiger partial charge in [0, 0.05) is 5.56 Å². The summed E-state index contributed by atoms with van der Waals surface area (Å²) in [5.41, 5.74) is 0.667. The van der Waals surface area contributed by atoms with Crippen molar-refractivity contribution in [1.29, 1.82) is 0 Å². The van der Waals surface area contributed by atoms with Crippen molar-refractivity contribution in [3.05, 3.63) is 51.9 Å². The second-order valence-corrected chi connectivity index (χ2v) is 7.21. The molecule has 0 radical (unpaired) electrons. The molecule has 3 rings (SSSR count). The maximum Gasteiger partial charge on any atom is 0.325 e. The van der Waals surface area contributed by atoms with Crippen molar-refractivity contribution in [1.82, 2.24) is 10.2 Å². The summed E-state index contributed by atoms with van der Waals surface area (Å²) in [5, 5.41) is 5.67. The van der Waals surface area contributed by atoms with Gasteiger partial charge < -0.3 is 15.1 Å².